The van der Waals surface area contributed by atoms with Crippen molar-refractivity contribution >= 4 is 17.4 Å². The van der Waals surface area contributed by atoms with Crippen molar-refractivity contribution < 1.29 is 24.2 Å². The van der Waals surface area contributed by atoms with Crippen LogP contribution in [0.3, 0.4) is 0 Å². The molecule has 1 aliphatic heterocycles. The van der Waals surface area contributed by atoms with Crippen molar-refractivity contribution in [2.75, 3.05) is 20.8 Å². The number of carbonyl (C=O) groups is 2. The maximum atomic E-state index is 13.3. The lowest BCUT2D eigenvalue weighted by Gasteiger charge is -2.27. The lowest BCUT2D eigenvalue weighted by atomic mass is 9.84. The Bertz CT molecular complexity index is 1110. The summed E-state index contributed by atoms with van der Waals surface area (Å²) in [6, 6.07) is 10.4. The number of methoxy groups -OCH3 is 2. The molecule has 0 aliphatic carbocycles. The molecule has 1 N–H and O–H groups in total. The predicted octanol–water partition coefficient (Wildman–Crippen LogP) is 5.14. The third kappa shape index (κ3) is 4.34. The number of ketones is 1. The van der Waals surface area contributed by atoms with Gasteiger partial charge in [0.25, 0.3) is 11.7 Å². The molecule has 0 saturated carbocycles. The van der Waals surface area contributed by atoms with Gasteiger partial charge in [-0.05, 0) is 42.0 Å². The van der Waals surface area contributed by atoms with Gasteiger partial charge in [0.15, 0.2) is 11.5 Å². The van der Waals surface area contributed by atoms with E-state index in [0.29, 0.717) is 35.6 Å². The van der Waals surface area contributed by atoms with Crippen LogP contribution in [0.5, 0.6) is 11.5 Å². The van der Waals surface area contributed by atoms with Crippen LogP contribution in [-0.2, 0) is 15.0 Å². The molecule has 2 aromatic carbocycles. The molecule has 1 amide bonds. The lowest BCUT2D eigenvalue weighted by molar-refractivity contribution is -0.139. The van der Waals surface area contributed by atoms with Crippen molar-refractivity contribution in [1.82, 2.24) is 4.90 Å². The Morgan fingerprint density at radius 2 is 1.79 bits per heavy atom. The summed E-state index contributed by atoms with van der Waals surface area (Å²) in [7, 11) is 3.05. The Morgan fingerprint density at radius 3 is 2.36 bits per heavy atom. The fourth-order valence-electron chi connectivity index (χ4n) is 4.29. The topological polar surface area (TPSA) is 76.1 Å². The zero-order valence-electron chi connectivity index (χ0n) is 20.5. The summed E-state index contributed by atoms with van der Waals surface area (Å²) in [5, 5.41) is 11.5. The molecule has 0 spiro atoms. The second-order valence-electron chi connectivity index (χ2n) is 9.35. The number of ether oxygens (including phenoxy) is 2. The van der Waals surface area contributed by atoms with E-state index in [2.05, 4.69) is 20.8 Å². The molecule has 33 heavy (non-hydrogen) atoms. The van der Waals surface area contributed by atoms with Crippen molar-refractivity contribution in [3.05, 3.63) is 64.2 Å². The van der Waals surface area contributed by atoms with Gasteiger partial charge in [0.05, 0.1) is 25.8 Å². The first-order chi connectivity index (χ1) is 15.6. The number of para-hydroxylation sites is 1. The Hall–Kier alpha value is -3.28. The minimum Gasteiger partial charge on any atom is -0.507 e. The Morgan fingerprint density at radius 1 is 1.09 bits per heavy atom. The standard InChI is InChI=1S/C27H33NO5/c1-8-14-28-22(18-10-9-11-20(32-6)25(18)33-7)21(24(30)26(28)31)23(29)19-15-17(27(3,4)5)13-12-16(19)2/h9-13,15,22,29H,8,14H2,1-7H3/b23-21+. The Labute approximate surface area is 195 Å². The van der Waals surface area contributed by atoms with Crippen LogP contribution < -0.4 is 9.47 Å². The number of aryl methyl sites for hydroxylation is 1. The van der Waals surface area contributed by atoms with Gasteiger partial charge in [-0.25, -0.2) is 0 Å². The molecule has 1 unspecified atom stereocenters. The van der Waals surface area contributed by atoms with Gasteiger partial charge < -0.3 is 19.5 Å². The van der Waals surface area contributed by atoms with Crippen LogP contribution in [0.2, 0.25) is 0 Å². The van der Waals surface area contributed by atoms with Crippen LogP contribution in [-0.4, -0.2) is 42.5 Å². The summed E-state index contributed by atoms with van der Waals surface area (Å²) in [5.41, 5.74) is 2.90. The fraction of sp³-hybridized carbons (Fsp3) is 0.407. The molecule has 1 saturated heterocycles. The van der Waals surface area contributed by atoms with E-state index < -0.39 is 17.7 Å². The van der Waals surface area contributed by atoms with E-state index in [9.17, 15) is 14.7 Å². The van der Waals surface area contributed by atoms with E-state index in [4.69, 9.17) is 9.47 Å². The molecule has 3 rings (SSSR count). The summed E-state index contributed by atoms with van der Waals surface area (Å²) >= 11 is 0. The number of amides is 1. The van der Waals surface area contributed by atoms with Crippen LogP contribution >= 0.6 is 0 Å². The van der Waals surface area contributed by atoms with Gasteiger partial charge in [-0.2, -0.15) is 0 Å². The number of aliphatic hydroxyl groups is 1. The smallest absolute Gasteiger partial charge is 0.295 e. The highest BCUT2D eigenvalue weighted by molar-refractivity contribution is 6.46. The molecule has 1 heterocycles. The first-order valence-corrected chi connectivity index (χ1v) is 11.2. The summed E-state index contributed by atoms with van der Waals surface area (Å²) in [6.07, 6.45) is 0.661. The van der Waals surface area contributed by atoms with E-state index in [1.807, 2.05) is 32.0 Å². The number of hydrogen-bond donors (Lipinski definition) is 1. The summed E-state index contributed by atoms with van der Waals surface area (Å²) in [4.78, 5) is 27.8. The first kappa shape index (κ1) is 24.4. The Kier molecular flexibility index (Phi) is 6.86. The summed E-state index contributed by atoms with van der Waals surface area (Å²) in [5.74, 6) is -0.582. The third-order valence-electron chi connectivity index (χ3n) is 6.09. The van der Waals surface area contributed by atoms with Gasteiger partial charge in [-0.1, -0.05) is 52.0 Å². The van der Waals surface area contributed by atoms with Crippen LogP contribution in [0.4, 0.5) is 0 Å². The number of hydrogen-bond acceptors (Lipinski definition) is 5. The number of benzene rings is 2. The average Bonchev–Trinajstić information content (AvgIpc) is 3.02. The fourth-order valence-corrected chi connectivity index (χ4v) is 4.29. The Balaban J connectivity index is 2.33. The van der Waals surface area contributed by atoms with E-state index in [1.54, 1.807) is 18.2 Å². The van der Waals surface area contributed by atoms with Gasteiger partial charge in [0, 0.05) is 17.7 Å². The quantitative estimate of drug-likeness (QED) is 0.374. The highest BCUT2D eigenvalue weighted by Crippen LogP contribution is 2.46. The number of nitrogens with zero attached hydrogens (tertiary/aromatic N) is 1. The second kappa shape index (κ2) is 9.30. The van der Waals surface area contributed by atoms with Crippen LogP contribution in [0.25, 0.3) is 5.76 Å². The molecule has 1 aliphatic rings. The minimum atomic E-state index is -0.785. The van der Waals surface area contributed by atoms with Gasteiger partial charge in [-0.3, -0.25) is 9.59 Å². The number of likely N-dealkylation sites (tertiary alicyclic amines) is 1. The predicted molar refractivity (Wildman–Crippen MR) is 129 cm³/mol. The average molecular weight is 452 g/mol. The molecule has 0 bridgehead atoms. The third-order valence-corrected chi connectivity index (χ3v) is 6.09. The molecule has 6 nitrogen and oxygen atoms in total. The van der Waals surface area contributed by atoms with Crippen molar-refractivity contribution in [1.29, 1.82) is 0 Å². The molecule has 0 radical (unpaired) electrons. The number of aliphatic hydroxyl groups excluding tert-OH is 1. The minimum absolute atomic E-state index is 0.0640. The van der Waals surface area contributed by atoms with Crippen molar-refractivity contribution in [3.8, 4) is 11.5 Å². The van der Waals surface area contributed by atoms with E-state index in [-0.39, 0.29) is 16.7 Å². The monoisotopic (exact) mass is 451 g/mol. The van der Waals surface area contributed by atoms with Crippen molar-refractivity contribution in [3.63, 3.8) is 0 Å². The molecule has 2 aromatic rings. The van der Waals surface area contributed by atoms with Crippen molar-refractivity contribution in [2.24, 2.45) is 0 Å². The highest BCUT2D eigenvalue weighted by atomic mass is 16.5. The number of carbonyl (C=O) groups excluding carboxylic acids is 2. The number of Topliss-reactive ketones (excluding diaryl/α,β-unsaturated/α-hetero) is 1. The number of rotatable bonds is 6. The van der Waals surface area contributed by atoms with Crippen LogP contribution in [0.1, 0.15) is 62.4 Å². The normalized spacial score (nSPS) is 18.0. The van der Waals surface area contributed by atoms with E-state index in [0.717, 1.165) is 11.1 Å². The van der Waals surface area contributed by atoms with Gasteiger partial charge in [-0.15, -0.1) is 0 Å². The SMILES string of the molecule is CCCN1C(=O)C(=O)/C(=C(/O)c2cc(C(C)(C)C)ccc2C)C1c1cccc(OC)c1OC. The molecule has 0 aromatic heterocycles. The molecular formula is C27H33NO5. The zero-order valence-corrected chi connectivity index (χ0v) is 20.5. The maximum absolute atomic E-state index is 13.3. The summed E-state index contributed by atoms with van der Waals surface area (Å²) in [6.45, 7) is 10.4. The molecule has 1 atom stereocenters. The molecule has 176 valence electrons. The molecule has 1 fully saturated rings. The lowest BCUT2D eigenvalue weighted by Crippen LogP contribution is -2.30. The van der Waals surface area contributed by atoms with Crippen LogP contribution in [0.15, 0.2) is 42.0 Å². The van der Waals surface area contributed by atoms with Gasteiger partial charge >= 0.3 is 0 Å². The largest absolute Gasteiger partial charge is 0.507 e. The maximum Gasteiger partial charge on any atom is 0.295 e. The zero-order chi connectivity index (χ0) is 24.5. The highest BCUT2D eigenvalue weighted by Gasteiger charge is 2.47. The molecule has 6 heteroatoms. The molecular weight excluding hydrogens is 418 g/mol. The van der Waals surface area contributed by atoms with E-state index in [1.165, 1.54) is 19.1 Å². The van der Waals surface area contributed by atoms with Gasteiger partial charge in [0.2, 0.25) is 0 Å². The van der Waals surface area contributed by atoms with Crippen LogP contribution in [0, 0.1) is 6.92 Å². The van der Waals surface area contributed by atoms with Crippen molar-refractivity contribution in [2.45, 2.75) is 52.5 Å². The second-order valence-corrected chi connectivity index (χ2v) is 9.35. The van der Waals surface area contributed by atoms with E-state index >= 15 is 0 Å². The summed E-state index contributed by atoms with van der Waals surface area (Å²) < 4.78 is 11.1. The first-order valence-electron chi connectivity index (χ1n) is 11.2. The van der Waals surface area contributed by atoms with Gasteiger partial charge in [0.1, 0.15) is 5.76 Å².